The molecule has 0 aliphatic carbocycles. The predicted octanol–water partition coefficient (Wildman–Crippen LogP) is 5.94. The van der Waals surface area contributed by atoms with Crippen LogP contribution in [0.2, 0.25) is 5.02 Å². The Balaban J connectivity index is 1.60. The summed E-state index contributed by atoms with van der Waals surface area (Å²) in [5.74, 6) is 0.521. The number of anilines is 2. The zero-order valence-electron chi connectivity index (χ0n) is 17.9. The van der Waals surface area contributed by atoms with E-state index in [2.05, 4.69) is 13.8 Å². The van der Waals surface area contributed by atoms with Gasteiger partial charge in [-0.05, 0) is 47.4 Å². The minimum Gasteiger partial charge on any atom is -0.304 e. The van der Waals surface area contributed by atoms with Crippen molar-refractivity contribution in [2.24, 2.45) is 0 Å². The molecule has 162 valence electrons. The molecule has 32 heavy (non-hydrogen) atoms. The van der Waals surface area contributed by atoms with E-state index in [4.69, 9.17) is 11.6 Å². The molecule has 2 amide bonds. The molecule has 2 aliphatic rings. The molecule has 1 atom stereocenters. The summed E-state index contributed by atoms with van der Waals surface area (Å²) in [5.41, 5.74) is 4.64. The van der Waals surface area contributed by atoms with E-state index < -0.39 is 4.87 Å². The number of rotatable bonds is 4. The third kappa shape index (κ3) is 3.23. The molecule has 0 radical (unpaired) electrons. The molecule has 0 saturated carbocycles. The highest BCUT2D eigenvalue weighted by molar-refractivity contribution is 8.02. The zero-order chi connectivity index (χ0) is 22.5. The van der Waals surface area contributed by atoms with Crippen LogP contribution in [0.15, 0.2) is 72.8 Å². The lowest BCUT2D eigenvalue weighted by atomic mass is 10.0. The van der Waals surface area contributed by atoms with Gasteiger partial charge in [0, 0.05) is 16.3 Å². The lowest BCUT2D eigenvalue weighted by Crippen LogP contribution is -2.49. The van der Waals surface area contributed by atoms with E-state index in [1.54, 1.807) is 9.80 Å². The van der Waals surface area contributed by atoms with Crippen LogP contribution in [0, 0.1) is 0 Å². The minimum atomic E-state index is -1.08. The average Bonchev–Trinajstić information content (AvgIpc) is 3.26. The van der Waals surface area contributed by atoms with E-state index in [1.165, 1.54) is 17.3 Å². The van der Waals surface area contributed by atoms with E-state index in [9.17, 15) is 9.59 Å². The molecule has 1 fully saturated rings. The van der Waals surface area contributed by atoms with Gasteiger partial charge >= 0.3 is 0 Å². The van der Waals surface area contributed by atoms with Crippen molar-refractivity contribution in [1.82, 2.24) is 0 Å². The lowest BCUT2D eigenvalue weighted by Gasteiger charge is -2.33. The van der Waals surface area contributed by atoms with Crippen molar-refractivity contribution in [2.75, 3.05) is 15.6 Å². The second kappa shape index (κ2) is 7.98. The molecule has 3 aromatic rings. The Morgan fingerprint density at radius 2 is 1.66 bits per heavy atom. The number of halogens is 1. The minimum absolute atomic E-state index is 0.0520. The molecule has 5 rings (SSSR count). The number of hydrogen-bond acceptors (Lipinski definition) is 3. The molecule has 2 heterocycles. The second-order valence-corrected chi connectivity index (χ2v) is 10.0. The highest BCUT2D eigenvalue weighted by Crippen LogP contribution is 2.56. The molecule has 0 unspecified atom stereocenters. The summed E-state index contributed by atoms with van der Waals surface area (Å²) in [5, 5.41) is 0.659. The summed E-state index contributed by atoms with van der Waals surface area (Å²) < 4.78 is 0. The molecule has 0 N–H and O–H groups in total. The van der Waals surface area contributed by atoms with E-state index in [0.29, 0.717) is 17.5 Å². The van der Waals surface area contributed by atoms with Gasteiger partial charge in [-0.1, -0.05) is 67.9 Å². The van der Waals surface area contributed by atoms with Crippen LogP contribution in [0.1, 0.15) is 36.5 Å². The van der Waals surface area contributed by atoms with Crippen LogP contribution >= 0.6 is 23.4 Å². The number of hydrogen-bond donors (Lipinski definition) is 0. The van der Waals surface area contributed by atoms with Gasteiger partial charge in [0.25, 0.3) is 5.91 Å². The van der Waals surface area contributed by atoms with E-state index >= 15 is 0 Å². The number of fused-ring (bicyclic) bond motifs is 2. The normalized spacial score (nSPS) is 20.0. The van der Waals surface area contributed by atoms with E-state index in [1.807, 2.05) is 72.8 Å². The monoisotopic (exact) mass is 462 g/mol. The Bertz CT molecular complexity index is 1190. The number of carbonyl (C=O) groups excluding carboxylic acids is 2. The number of para-hydroxylation sites is 1. The molecule has 3 aromatic carbocycles. The van der Waals surface area contributed by atoms with Gasteiger partial charge in [0.1, 0.15) is 0 Å². The van der Waals surface area contributed by atoms with Crippen LogP contribution in [0.3, 0.4) is 0 Å². The summed E-state index contributed by atoms with van der Waals surface area (Å²) in [7, 11) is 0. The van der Waals surface area contributed by atoms with Gasteiger partial charge < -0.3 is 4.90 Å². The van der Waals surface area contributed by atoms with Gasteiger partial charge in [-0.15, -0.1) is 11.8 Å². The smallest absolute Gasteiger partial charge is 0.269 e. The summed E-state index contributed by atoms with van der Waals surface area (Å²) >= 11 is 7.45. The maximum Gasteiger partial charge on any atom is 0.269 e. The molecule has 6 heteroatoms. The SMILES string of the molecule is CC(C)c1ccc(N2C(=O)CS[C@@]23C(=O)N(Cc2ccc(Cl)cc2)c2ccccc23)cc1. The quantitative estimate of drug-likeness (QED) is 0.481. The second-order valence-electron chi connectivity index (χ2n) is 8.44. The zero-order valence-corrected chi connectivity index (χ0v) is 19.5. The van der Waals surface area contributed by atoms with Crippen LogP contribution in [-0.4, -0.2) is 17.6 Å². The van der Waals surface area contributed by atoms with Crippen molar-refractivity contribution in [3.05, 3.63) is 94.5 Å². The van der Waals surface area contributed by atoms with Crippen molar-refractivity contribution >= 4 is 46.6 Å². The predicted molar refractivity (Wildman–Crippen MR) is 131 cm³/mol. The molecule has 1 saturated heterocycles. The first-order valence-electron chi connectivity index (χ1n) is 10.6. The topological polar surface area (TPSA) is 40.6 Å². The van der Waals surface area contributed by atoms with Crippen molar-refractivity contribution < 1.29 is 9.59 Å². The Morgan fingerprint density at radius 3 is 2.34 bits per heavy atom. The van der Waals surface area contributed by atoms with Gasteiger partial charge in [0.2, 0.25) is 10.8 Å². The van der Waals surface area contributed by atoms with Gasteiger partial charge in [-0.25, -0.2) is 0 Å². The van der Waals surface area contributed by atoms with E-state index in [0.717, 1.165) is 22.5 Å². The summed E-state index contributed by atoms with van der Waals surface area (Å²) in [6.07, 6.45) is 0. The highest BCUT2D eigenvalue weighted by Gasteiger charge is 2.60. The van der Waals surface area contributed by atoms with Crippen molar-refractivity contribution in [3.8, 4) is 0 Å². The molecule has 1 spiro atoms. The van der Waals surface area contributed by atoms with Crippen LogP contribution in [0.5, 0.6) is 0 Å². The fourth-order valence-electron chi connectivity index (χ4n) is 4.49. The van der Waals surface area contributed by atoms with Crippen molar-refractivity contribution in [3.63, 3.8) is 0 Å². The van der Waals surface area contributed by atoms with Gasteiger partial charge in [-0.3, -0.25) is 14.5 Å². The third-order valence-electron chi connectivity index (χ3n) is 6.14. The Kier molecular flexibility index (Phi) is 5.26. The molecule has 4 nitrogen and oxygen atoms in total. The fourth-order valence-corrected chi connectivity index (χ4v) is 5.98. The average molecular weight is 463 g/mol. The van der Waals surface area contributed by atoms with Crippen LogP contribution in [0.4, 0.5) is 11.4 Å². The third-order valence-corrected chi connectivity index (χ3v) is 7.77. The fraction of sp³-hybridized carbons (Fsp3) is 0.231. The number of benzene rings is 3. The van der Waals surface area contributed by atoms with Gasteiger partial charge in [0.05, 0.1) is 18.0 Å². The lowest BCUT2D eigenvalue weighted by molar-refractivity contribution is -0.123. The number of amides is 2. The standard InChI is InChI=1S/C26H23ClN2O2S/c1-17(2)19-9-13-21(14-10-19)29-24(30)16-32-26(29)22-5-3-4-6-23(22)28(25(26)31)15-18-7-11-20(27)12-8-18/h3-14,17H,15-16H2,1-2H3/t26-/m0/s1. The summed E-state index contributed by atoms with van der Waals surface area (Å²) in [4.78, 5) is 29.6. The number of carbonyl (C=O) groups is 2. The maximum absolute atomic E-state index is 14.0. The highest BCUT2D eigenvalue weighted by atomic mass is 35.5. The first kappa shape index (κ1) is 21.1. The molecule has 0 bridgehead atoms. The Hall–Kier alpha value is -2.76. The van der Waals surface area contributed by atoms with Gasteiger partial charge in [0.15, 0.2) is 0 Å². The molecule has 2 aliphatic heterocycles. The number of nitrogens with zero attached hydrogens (tertiary/aromatic N) is 2. The van der Waals surface area contributed by atoms with Gasteiger partial charge in [-0.2, -0.15) is 0 Å². The number of thioether (sulfide) groups is 1. The molecule has 0 aromatic heterocycles. The van der Waals surface area contributed by atoms with Crippen molar-refractivity contribution in [1.29, 1.82) is 0 Å². The first-order valence-corrected chi connectivity index (χ1v) is 12.0. The largest absolute Gasteiger partial charge is 0.304 e. The molecular formula is C26H23ClN2O2S. The summed E-state index contributed by atoms with van der Waals surface area (Å²) in [6.45, 7) is 4.70. The van der Waals surface area contributed by atoms with Crippen LogP contribution < -0.4 is 9.80 Å². The Labute approximate surface area is 197 Å². The summed E-state index contributed by atoms with van der Waals surface area (Å²) in [6, 6.07) is 23.3. The van der Waals surface area contributed by atoms with Crippen LogP contribution in [-0.2, 0) is 21.0 Å². The first-order chi connectivity index (χ1) is 15.4. The van der Waals surface area contributed by atoms with Crippen LogP contribution in [0.25, 0.3) is 0 Å². The van der Waals surface area contributed by atoms with E-state index in [-0.39, 0.29) is 17.6 Å². The van der Waals surface area contributed by atoms with Crippen molar-refractivity contribution in [2.45, 2.75) is 31.2 Å². The maximum atomic E-state index is 14.0. The Morgan fingerprint density at radius 1 is 0.969 bits per heavy atom. The molecular weight excluding hydrogens is 440 g/mol.